The molecule has 0 saturated carbocycles. The fourth-order valence-electron chi connectivity index (χ4n) is 1.96. The van der Waals surface area contributed by atoms with Crippen molar-refractivity contribution in [1.29, 1.82) is 0 Å². The summed E-state index contributed by atoms with van der Waals surface area (Å²) in [6, 6.07) is 6.70. The molecule has 0 bridgehead atoms. The molecule has 1 rings (SSSR count). The largest absolute Gasteiger partial charge is 0.382 e. The van der Waals surface area contributed by atoms with Gasteiger partial charge in [-0.15, -0.1) is 0 Å². The number of rotatable bonds is 12. The van der Waals surface area contributed by atoms with E-state index in [-0.39, 0.29) is 29.9 Å². The average molecular weight is 407 g/mol. The Bertz CT molecular complexity index is 649. The summed E-state index contributed by atoms with van der Waals surface area (Å²) in [7, 11) is -2.51. The van der Waals surface area contributed by atoms with Gasteiger partial charge in [0.15, 0.2) is 0 Å². The lowest BCUT2D eigenvalue weighted by Crippen LogP contribution is -2.34. The minimum absolute atomic E-state index is 0.161. The minimum atomic E-state index is -4.29. The predicted molar refractivity (Wildman–Crippen MR) is 102 cm³/mol. The van der Waals surface area contributed by atoms with E-state index in [0.717, 1.165) is 0 Å². The number of carbonyl (C=O) groups excluding carboxylic acids is 1. The fourth-order valence-corrected chi connectivity index (χ4v) is 3.76. The molecule has 26 heavy (non-hydrogen) atoms. The number of hydrogen-bond acceptors (Lipinski definition) is 7. The molecule has 1 atom stereocenters. The van der Waals surface area contributed by atoms with Gasteiger partial charge in [-0.3, -0.25) is 9.35 Å². The third kappa shape index (κ3) is 9.51. The molecule has 0 aromatic heterocycles. The highest BCUT2D eigenvalue weighted by Gasteiger charge is 2.21. The fraction of sp³-hybridized carbons (Fsp3) is 0.562. The quantitative estimate of drug-likeness (QED) is 0.208. The van der Waals surface area contributed by atoms with Crippen molar-refractivity contribution < 1.29 is 27.2 Å². The molecule has 10 heteroatoms. The monoisotopic (exact) mass is 406 g/mol. The molecule has 148 valence electrons. The van der Waals surface area contributed by atoms with Crippen molar-refractivity contribution in [3.63, 3.8) is 0 Å². The highest BCUT2D eigenvalue weighted by Crippen LogP contribution is 2.33. The maximum Gasteiger partial charge on any atom is 0.322 e. The Labute approximate surface area is 158 Å². The molecule has 3 N–H and O–H groups in total. The third-order valence-corrected chi connectivity index (χ3v) is 5.25. The van der Waals surface area contributed by atoms with Crippen molar-refractivity contribution in [1.82, 2.24) is 10.6 Å². The maximum absolute atomic E-state index is 12.1. The van der Waals surface area contributed by atoms with Crippen LogP contribution in [-0.4, -0.2) is 58.3 Å². The second kappa shape index (κ2) is 11.5. The molecular weight excluding hydrogens is 380 g/mol. The van der Waals surface area contributed by atoms with Crippen LogP contribution in [0, 0.1) is 0 Å². The number of nitrogens with one attached hydrogen (secondary N) is 2. The van der Waals surface area contributed by atoms with Gasteiger partial charge in [-0.1, -0.05) is 26.0 Å². The number of methoxy groups -OCH3 is 1. The maximum atomic E-state index is 12.1. The van der Waals surface area contributed by atoms with Gasteiger partial charge in [0.2, 0.25) is 0 Å². The Kier molecular flexibility index (Phi) is 10.1. The number of benzene rings is 1. The highest BCUT2D eigenvalue weighted by molar-refractivity contribution is 8.69. The highest BCUT2D eigenvalue weighted by atomic mass is 33.1. The van der Waals surface area contributed by atoms with Gasteiger partial charge < -0.3 is 20.1 Å². The van der Waals surface area contributed by atoms with E-state index < -0.39 is 14.6 Å². The first kappa shape index (κ1) is 22.9. The van der Waals surface area contributed by atoms with Gasteiger partial charge in [0.1, 0.15) is 5.44 Å². The van der Waals surface area contributed by atoms with Crippen molar-refractivity contribution >= 4 is 25.9 Å². The Morgan fingerprint density at radius 2 is 1.85 bits per heavy atom. The van der Waals surface area contributed by atoms with Crippen LogP contribution >= 0.6 is 10.8 Å². The lowest BCUT2D eigenvalue weighted by Gasteiger charge is -2.16. The van der Waals surface area contributed by atoms with E-state index >= 15 is 0 Å². The van der Waals surface area contributed by atoms with Crippen molar-refractivity contribution in [3.8, 4) is 0 Å². The second-order valence-electron chi connectivity index (χ2n) is 5.71. The van der Waals surface area contributed by atoms with Crippen molar-refractivity contribution in [3.05, 3.63) is 35.4 Å². The molecule has 0 heterocycles. The molecule has 0 fully saturated rings. The van der Waals surface area contributed by atoms with Gasteiger partial charge in [-0.2, -0.15) is 8.42 Å². The van der Waals surface area contributed by atoms with Crippen LogP contribution in [0.3, 0.4) is 0 Å². The average Bonchev–Trinajstić information content (AvgIpc) is 2.57. The van der Waals surface area contributed by atoms with E-state index in [4.69, 9.17) is 14.0 Å². The summed E-state index contributed by atoms with van der Waals surface area (Å²) in [5.41, 5.74) is 0.0417. The van der Waals surface area contributed by atoms with E-state index in [9.17, 15) is 13.2 Å². The lowest BCUT2D eigenvalue weighted by molar-refractivity contribution is 0.0575. The van der Waals surface area contributed by atoms with Crippen LogP contribution < -0.4 is 10.6 Å². The van der Waals surface area contributed by atoms with Crippen LogP contribution in [0.2, 0.25) is 0 Å². The molecule has 0 spiro atoms. The van der Waals surface area contributed by atoms with E-state index in [1.807, 2.05) is 13.8 Å². The van der Waals surface area contributed by atoms with Crippen LogP contribution in [0.15, 0.2) is 24.3 Å². The van der Waals surface area contributed by atoms with Gasteiger partial charge in [0.05, 0.1) is 13.2 Å². The normalized spacial score (nSPS) is 13.0. The summed E-state index contributed by atoms with van der Waals surface area (Å²) in [6.07, 6.45) is 0. The summed E-state index contributed by atoms with van der Waals surface area (Å²) >= 11 is 0. The Morgan fingerprint density at radius 1 is 1.19 bits per heavy atom. The molecule has 1 aromatic rings. The number of ether oxygens (including phenoxy) is 2. The first-order chi connectivity index (χ1) is 12.2. The molecule has 0 radical (unpaired) electrons. The zero-order chi connectivity index (χ0) is 19.6. The topological polar surface area (TPSA) is 114 Å². The van der Waals surface area contributed by atoms with Crippen LogP contribution in [0.25, 0.3) is 0 Å². The Hall–Kier alpha value is -1.17. The van der Waals surface area contributed by atoms with Gasteiger partial charge >= 0.3 is 9.15 Å². The van der Waals surface area contributed by atoms with E-state index in [2.05, 4.69) is 10.6 Å². The number of carbonyl (C=O) groups is 1. The number of amides is 1. The molecule has 0 aliphatic heterocycles. The standard InChI is InChI=1S/C16H26N2O6S2/c1-12(2)17-8-9-18-15(19)13-4-6-14(7-5-13)16(24-11-10-23-3)25-26(20,21)22/h4-7,12,16-17H,8-11H2,1-3H3,(H,18,19)(H,20,21,22). The van der Waals surface area contributed by atoms with Crippen molar-refractivity contribution in [2.75, 3.05) is 33.4 Å². The molecule has 1 aromatic carbocycles. The summed E-state index contributed by atoms with van der Waals surface area (Å²) in [5.74, 6) is -0.221. The first-order valence-electron chi connectivity index (χ1n) is 8.10. The van der Waals surface area contributed by atoms with E-state index in [1.165, 1.54) is 7.11 Å². The molecule has 1 amide bonds. The molecule has 8 nitrogen and oxygen atoms in total. The van der Waals surface area contributed by atoms with Gasteiger partial charge in [-0.25, -0.2) is 0 Å². The Balaban J connectivity index is 2.69. The summed E-state index contributed by atoms with van der Waals surface area (Å²) in [5, 5.41) is 5.99. The molecule has 0 aliphatic carbocycles. The summed E-state index contributed by atoms with van der Waals surface area (Å²) < 4.78 is 41.7. The number of hydrogen-bond donors (Lipinski definition) is 3. The lowest BCUT2D eigenvalue weighted by atomic mass is 10.1. The third-order valence-electron chi connectivity index (χ3n) is 3.17. The zero-order valence-corrected chi connectivity index (χ0v) is 16.7. The van der Waals surface area contributed by atoms with Gasteiger partial charge in [-0.05, 0) is 17.7 Å². The predicted octanol–water partition coefficient (Wildman–Crippen LogP) is 1.61. The van der Waals surface area contributed by atoms with Gasteiger partial charge in [0, 0.05) is 42.6 Å². The summed E-state index contributed by atoms with van der Waals surface area (Å²) in [4.78, 5) is 12.1. The second-order valence-corrected chi connectivity index (χ2v) is 9.02. The zero-order valence-electron chi connectivity index (χ0n) is 15.1. The Morgan fingerprint density at radius 3 is 2.38 bits per heavy atom. The van der Waals surface area contributed by atoms with Crippen molar-refractivity contribution in [2.45, 2.75) is 25.3 Å². The molecule has 0 saturated heterocycles. The van der Waals surface area contributed by atoms with Crippen LogP contribution in [0.1, 0.15) is 35.2 Å². The first-order valence-corrected chi connectivity index (χ1v) is 10.9. The van der Waals surface area contributed by atoms with Gasteiger partial charge in [0.25, 0.3) is 5.91 Å². The molecule has 0 aliphatic rings. The van der Waals surface area contributed by atoms with E-state index in [1.54, 1.807) is 24.3 Å². The van der Waals surface area contributed by atoms with Crippen LogP contribution in [0.5, 0.6) is 0 Å². The van der Waals surface area contributed by atoms with Crippen molar-refractivity contribution in [2.24, 2.45) is 0 Å². The summed E-state index contributed by atoms with van der Waals surface area (Å²) in [6.45, 7) is 5.66. The van der Waals surface area contributed by atoms with E-state index in [0.29, 0.717) is 30.3 Å². The molecule has 1 unspecified atom stereocenters. The molecular formula is C16H26N2O6S2. The smallest absolute Gasteiger partial charge is 0.322 e. The minimum Gasteiger partial charge on any atom is -0.382 e. The SMILES string of the molecule is COCCOC(SS(=O)(=O)O)c1ccc(C(=O)NCCNC(C)C)cc1. The van der Waals surface area contributed by atoms with Crippen LogP contribution in [-0.2, 0) is 18.6 Å². The van der Waals surface area contributed by atoms with Crippen LogP contribution in [0.4, 0.5) is 0 Å².